The third-order valence-corrected chi connectivity index (χ3v) is 4.17. The molecule has 3 rings (SSSR count). The van der Waals surface area contributed by atoms with Crippen LogP contribution in [0.4, 0.5) is 29.3 Å². The molecule has 4 nitrogen and oxygen atoms in total. The average Bonchev–Trinajstić information content (AvgIpc) is 3.09. The summed E-state index contributed by atoms with van der Waals surface area (Å²) in [4.78, 5) is 12.0. The van der Waals surface area contributed by atoms with Crippen molar-refractivity contribution < 1.29 is 18.0 Å². The minimum atomic E-state index is -4.39. The maximum Gasteiger partial charge on any atom is 0.416 e. The van der Waals surface area contributed by atoms with Crippen molar-refractivity contribution in [3.8, 4) is 0 Å². The molecule has 0 bridgehead atoms. The van der Waals surface area contributed by atoms with Crippen LogP contribution in [0.2, 0.25) is 0 Å². The molecule has 0 spiro atoms. The zero-order valence-corrected chi connectivity index (χ0v) is 13.4. The molecule has 0 aromatic heterocycles. The summed E-state index contributed by atoms with van der Waals surface area (Å²) in [6.07, 6.45) is -3.29. The van der Waals surface area contributed by atoms with E-state index in [9.17, 15) is 18.0 Å². The van der Waals surface area contributed by atoms with E-state index in [1.54, 1.807) is 0 Å². The number of carbonyl (C=O) groups is 1. The van der Waals surface area contributed by atoms with Crippen LogP contribution in [-0.4, -0.2) is 19.1 Å². The lowest BCUT2D eigenvalue weighted by molar-refractivity contribution is -0.137. The Bertz CT molecular complexity index is 721. The van der Waals surface area contributed by atoms with Crippen LogP contribution in [0, 0.1) is 0 Å². The molecule has 1 aliphatic heterocycles. The number of alkyl halides is 3. The number of anilines is 2. The first-order chi connectivity index (χ1) is 11.9. The molecule has 1 saturated heterocycles. The Hall–Kier alpha value is -2.54. The summed E-state index contributed by atoms with van der Waals surface area (Å²) >= 11 is 0. The fraction of sp³-hybridized carbons (Fsp3) is 0.278. The molecule has 0 radical (unpaired) electrons. The predicted octanol–water partition coefficient (Wildman–Crippen LogP) is 4.43. The number of halogens is 3. The molecule has 0 saturated carbocycles. The van der Waals surface area contributed by atoms with E-state index in [0.29, 0.717) is 17.3 Å². The monoisotopic (exact) mass is 349 g/mol. The molecule has 1 atom stereocenters. The van der Waals surface area contributed by atoms with E-state index < -0.39 is 17.8 Å². The number of urea groups is 1. The fourth-order valence-corrected chi connectivity index (χ4v) is 2.81. The van der Waals surface area contributed by atoms with Crippen molar-refractivity contribution in [2.45, 2.75) is 18.5 Å². The first-order valence-corrected chi connectivity index (χ1v) is 7.98. The molecule has 7 heteroatoms. The quantitative estimate of drug-likeness (QED) is 0.768. The molecule has 3 N–H and O–H groups in total. The topological polar surface area (TPSA) is 53.2 Å². The molecule has 1 unspecified atom stereocenters. The van der Waals surface area contributed by atoms with Gasteiger partial charge in [0.2, 0.25) is 0 Å². The Morgan fingerprint density at radius 3 is 2.00 bits per heavy atom. The van der Waals surface area contributed by atoms with Crippen molar-refractivity contribution in [2.24, 2.45) is 0 Å². The van der Waals surface area contributed by atoms with Crippen LogP contribution in [0.15, 0.2) is 48.5 Å². The lowest BCUT2D eigenvalue weighted by Gasteiger charge is -2.12. The average molecular weight is 349 g/mol. The van der Waals surface area contributed by atoms with Crippen LogP contribution in [0.25, 0.3) is 0 Å². The van der Waals surface area contributed by atoms with Gasteiger partial charge in [-0.1, -0.05) is 12.1 Å². The van der Waals surface area contributed by atoms with Crippen molar-refractivity contribution in [3.05, 3.63) is 59.7 Å². The lowest BCUT2D eigenvalue weighted by Crippen LogP contribution is -2.19. The number of rotatable bonds is 3. The SMILES string of the molecule is O=C(Nc1ccc(C2CCNC2)cc1)Nc1ccc(C(F)(F)F)cc1. The van der Waals surface area contributed by atoms with E-state index in [0.717, 1.165) is 31.6 Å². The molecule has 1 heterocycles. The summed E-state index contributed by atoms with van der Waals surface area (Å²) in [6, 6.07) is 11.4. The largest absolute Gasteiger partial charge is 0.416 e. The van der Waals surface area contributed by atoms with Crippen LogP contribution in [0.3, 0.4) is 0 Å². The molecule has 1 aliphatic rings. The van der Waals surface area contributed by atoms with E-state index in [1.807, 2.05) is 24.3 Å². The molecule has 132 valence electrons. The Balaban J connectivity index is 1.57. The van der Waals surface area contributed by atoms with E-state index in [2.05, 4.69) is 16.0 Å². The number of nitrogens with one attached hydrogen (secondary N) is 3. The van der Waals surface area contributed by atoms with Crippen molar-refractivity contribution in [3.63, 3.8) is 0 Å². The molecule has 0 aliphatic carbocycles. The Kier molecular flexibility index (Phi) is 4.94. The van der Waals surface area contributed by atoms with Gasteiger partial charge in [0.15, 0.2) is 0 Å². The van der Waals surface area contributed by atoms with E-state index in [1.165, 1.54) is 17.7 Å². The lowest BCUT2D eigenvalue weighted by atomic mass is 9.98. The highest BCUT2D eigenvalue weighted by molar-refractivity contribution is 5.99. The summed E-state index contributed by atoms with van der Waals surface area (Å²) in [6.45, 7) is 1.97. The van der Waals surface area contributed by atoms with Crippen molar-refractivity contribution in [2.75, 3.05) is 23.7 Å². The highest BCUT2D eigenvalue weighted by Crippen LogP contribution is 2.30. The van der Waals surface area contributed by atoms with E-state index in [-0.39, 0.29) is 0 Å². The Labute approximate surface area is 143 Å². The van der Waals surface area contributed by atoms with Crippen LogP contribution in [0.1, 0.15) is 23.5 Å². The maximum absolute atomic E-state index is 12.5. The van der Waals surface area contributed by atoms with Gasteiger partial charge in [0.05, 0.1) is 5.56 Å². The summed E-state index contributed by atoms with van der Waals surface area (Å²) in [5.41, 5.74) is 1.38. The normalized spacial score (nSPS) is 17.3. The van der Waals surface area contributed by atoms with Crippen LogP contribution in [-0.2, 0) is 6.18 Å². The first-order valence-electron chi connectivity index (χ1n) is 7.98. The molecular formula is C18H18F3N3O. The summed E-state index contributed by atoms with van der Waals surface area (Å²) in [7, 11) is 0. The smallest absolute Gasteiger partial charge is 0.316 e. The molecule has 25 heavy (non-hydrogen) atoms. The molecular weight excluding hydrogens is 331 g/mol. The van der Waals surface area contributed by atoms with Crippen molar-refractivity contribution in [1.82, 2.24) is 5.32 Å². The third kappa shape index (κ3) is 4.51. The fourth-order valence-electron chi connectivity index (χ4n) is 2.81. The van der Waals surface area contributed by atoms with Gasteiger partial charge in [0.1, 0.15) is 0 Å². The van der Waals surface area contributed by atoms with Crippen molar-refractivity contribution in [1.29, 1.82) is 0 Å². The van der Waals surface area contributed by atoms with Gasteiger partial charge in [0, 0.05) is 17.9 Å². The predicted molar refractivity (Wildman–Crippen MR) is 90.8 cm³/mol. The molecule has 2 aromatic carbocycles. The van der Waals surface area contributed by atoms with Gasteiger partial charge in [-0.25, -0.2) is 4.79 Å². The molecule has 2 amide bonds. The number of carbonyl (C=O) groups excluding carboxylic acids is 1. The molecule has 2 aromatic rings. The standard InChI is InChI=1S/C18H18F3N3O/c19-18(20,21)14-3-7-16(8-4-14)24-17(25)23-15-5-1-12(2-6-15)13-9-10-22-11-13/h1-8,13,22H,9-11H2,(H2,23,24,25). The second-order valence-electron chi connectivity index (χ2n) is 5.97. The van der Waals surface area contributed by atoms with Gasteiger partial charge in [-0.3, -0.25) is 0 Å². The van der Waals surface area contributed by atoms with Gasteiger partial charge >= 0.3 is 12.2 Å². The van der Waals surface area contributed by atoms with Crippen LogP contribution in [0.5, 0.6) is 0 Å². The van der Waals surface area contributed by atoms with E-state index >= 15 is 0 Å². The van der Waals surface area contributed by atoms with Gasteiger partial charge in [-0.15, -0.1) is 0 Å². The molecule has 1 fully saturated rings. The summed E-state index contributed by atoms with van der Waals surface area (Å²) in [5, 5.41) is 8.48. The van der Waals surface area contributed by atoms with Crippen LogP contribution < -0.4 is 16.0 Å². The Morgan fingerprint density at radius 2 is 1.52 bits per heavy atom. The number of amides is 2. The summed E-state index contributed by atoms with van der Waals surface area (Å²) in [5.74, 6) is 0.495. The first kappa shape index (κ1) is 17.3. The number of hydrogen-bond donors (Lipinski definition) is 3. The number of benzene rings is 2. The zero-order valence-electron chi connectivity index (χ0n) is 13.4. The van der Waals surface area contributed by atoms with Gasteiger partial charge < -0.3 is 16.0 Å². The zero-order chi connectivity index (χ0) is 17.9. The van der Waals surface area contributed by atoms with E-state index in [4.69, 9.17) is 0 Å². The van der Waals surface area contributed by atoms with Gasteiger partial charge in [-0.2, -0.15) is 13.2 Å². The van der Waals surface area contributed by atoms with Crippen LogP contribution >= 0.6 is 0 Å². The highest BCUT2D eigenvalue weighted by Gasteiger charge is 2.30. The Morgan fingerprint density at radius 1 is 0.960 bits per heavy atom. The van der Waals surface area contributed by atoms with Gasteiger partial charge in [0.25, 0.3) is 0 Å². The maximum atomic E-state index is 12.5. The van der Waals surface area contributed by atoms with Gasteiger partial charge in [-0.05, 0) is 60.8 Å². The van der Waals surface area contributed by atoms with Crippen molar-refractivity contribution >= 4 is 17.4 Å². The second-order valence-corrected chi connectivity index (χ2v) is 5.97. The summed E-state index contributed by atoms with van der Waals surface area (Å²) < 4.78 is 37.5. The number of hydrogen-bond acceptors (Lipinski definition) is 2. The second kappa shape index (κ2) is 7.14. The minimum Gasteiger partial charge on any atom is -0.316 e. The minimum absolute atomic E-state index is 0.291. The third-order valence-electron chi connectivity index (χ3n) is 4.17. The highest BCUT2D eigenvalue weighted by atomic mass is 19.4.